The summed E-state index contributed by atoms with van der Waals surface area (Å²) in [4.78, 5) is 10.4. The van der Waals surface area contributed by atoms with Gasteiger partial charge in [0.2, 0.25) is 0 Å². The molecule has 0 spiro atoms. The molecule has 0 amide bonds. The van der Waals surface area contributed by atoms with Crippen LogP contribution in [0, 0.1) is 10.1 Å². The van der Waals surface area contributed by atoms with Crippen LogP contribution in [0.1, 0.15) is 29.1 Å². The lowest BCUT2D eigenvalue weighted by Crippen LogP contribution is -2.45. The average Bonchev–Trinajstić information content (AvgIpc) is 3.19. The van der Waals surface area contributed by atoms with E-state index in [4.69, 9.17) is 29.8 Å². The Morgan fingerprint density at radius 1 is 1.15 bits per heavy atom. The molecular weight excluding hydrogens is 358 g/mol. The molecule has 1 aromatic carbocycles. The standard InChI is InChI=1S/C18H23NO8/c1-17(2)22-9-12(25-17)13-14(15-16(24-13)27-18(3,4)26-15)23-11-7-5-10(6-8-11)19(20)21/h5-8,12-16H,9H2,1-4H3/t12-,13-,14+,15-,16?/m1/s1/i7D. The first kappa shape index (κ1) is 17.3. The molecule has 3 heterocycles. The molecule has 3 saturated heterocycles. The molecule has 1 aromatic rings. The second kappa shape index (κ2) is 6.39. The van der Waals surface area contributed by atoms with Gasteiger partial charge in [0.15, 0.2) is 30.1 Å². The highest BCUT2D eigenvalue weighted by atomic mass is 16.8. The van der Waals surface area contributed by atoms with Crippen molar-refractivity contribution in [1.82, 2.24) is 0 Å². The zero-order valence-corrected chi connectivity index (χ0v) is 15.5. The SMILES string of the molecule is [2H]c1cc([N+](=O)[O-])ccc1O[C@H]1[C@@H]([C@H]2COC(C)(C)O2)OC2OC(C)(C)O[C@@H]21. The third kappa shape index (κ3) is 3.65. The van der Waals surface area contributed by atoms with Gasteiger partial charge >= 0.3 is 0 Å². The largest absolute Gasteiger partial charge is 0.485 e. The first-order valence-electron chi connectivity index (χ1n) is 9.29. The van der Waals surface area contributed by atoms with Gasteiger partial charge < -0.3 is 28.4 Å². The Bertz CT molecular complexity index is 785. The number of nitro benzene ring substituents is 1. The first-order valence-corrected chi connectivity index (χ1v) is 8.79. The maximum atomic E-state index is 10.9. The van der Waals surface area contributed by atoms with Gasteiger partial charge in [-0.25, -0.2) is 0 Å². The van der Waals surface area contributed by atoms with Gasteiger partial charge in [0.1, 0.15) is 18.0 Å². The Kier molecular flexibility index (Phi) is 4.10. The molecule has 4 rings (SSSR count). The summed E-state index contributed by atoms with van der Waals surface area (Å²) < 4.78 is 43.5. The number of hydrogen-bond acceptors (Lipinski definition) is 8. The molecule has 148 valence electrons. The van der Waals surface area contributed by atoms with Gasteiger partial charge in [-0.1, -0.05) is 0 Å². The maximum Gasteiger partial charge on any atom is 0.269 e. The number of rotatable bonds is 4. The Morgan fingerprint density at radius 3 is 2.56 bits per heavy atom. The monoisotopic (exact) mass is 382 g/mol. The van der Waals surface area contributed by atoms with Crippen molar-refractivity contribution in [2.45, 2.75) is 70.0 Å². The summed E-state index contributed by atoms with van der Waals surface area (Å²) in [7, 11) is 0. The Morgan fingerprint density at radius 2 is 1.93 bits per heavy atom. The van der Waals surface area contributed by atoms with Gasteiger partial charge in [-0.3, -0.25) is 10.1 Å². The van der Waals surface area contributed by atoms with Crippen molar-refractivity contribution in [3.8, 4) is 5.75 Å². The molecule has 3 aliphatic heterocycles. The van der Waals surface area contributed by atoms with Crippen LogP contribution in [0.3, 0.4) is 0 Å². The highest BCUT2D eigenvalue weighted by molar-refractivity contribution is 5.36. The summed E-state index contributed by atoms with van der Waals surface area (Å²) in [6, 6.07) is 3.75. The second-order valence-electron chi connectivity index (χ2n) is 7.69. The molecule has 3 aliphatic rings. The molecule has 27 heavy (non-hydrogen) atoms. The van der Waals surface area contributed by atoms with E-state index in [2.05, 4.69) is 0 Å². The minimum Gasteiger partial charge on any atom is -0.485 e. The topological polar surface area (TPSA) is 98.5 Å². The lowest BCUT2D eigenvalue weighted by atomic mass is 10.1. The third-order valence-electron chi connectivity index (χ3n) is 4.67. The Balaban J connectivity index is 1.59. The molecule has 0 aromatic heterocycles. The van der Waals surface area contributed by atoms with Crippen LogP contribution in [0.4, 0.5) is 5.69 Å². The highest BCUT2D eigenvalue weighted by Crippen LogP contribution is 2.42. The van der Waals surface area contributed by atoms with E-state index in [9.17, 15) is 10.1 Å². The fourth-order valence-corrected chi connectivity index (χ4v) is 3.55. The van der Waals surface area contributed by atoms with Crippen LogP contribution in [-0.4, -0.2) is 53.8 Å². The summed E-state index contributed by atoms with van der Waals surface area (Å²) in [5, 5.41) is 10.9. The fraction of sp³-hybridized carbons (Fsp3) is 0.667. The van der Waals surface area contributed by atoms with Crippen molar-refractivity contribution in [3.05, 3.63) is 34.4 Å². The van der Waals surface area contributed by atoms with Gasteiger partial charge in [0.25, 0.3) is 5.69 Å². The molecule has 9 heteroatoms. The van der Waals surface area contributed by atoms with E-state index in [1.165, 1.54) is 12.1 Å². The van der Waals surface area contributed by atoms with E-state index >= 15 is 0 Å². The van der Waals surface area contributed by atoms with Crippen LogP contribution in [0.25, 0.3) is 0 Å². The second-order valence-corrected chi connectivity index (χ2v) is 7.69. The first-order chi connectivity index (χ1) is 13.0. The van der Waals surface area contributed by atoms with Crippen molar-refractivity contribution in [1.29, 1.82) is 0 Å². The molecule has 3 fully saturated rings. The zero-order chi connectivity index (χ0) is 20.3. The number of fused-ring (bicyclic) bond motifs is 1. The minimum atomic E-state index is -0.840. The van der Waals surface area contributed by atoms with Crippen molar-refractivity contribution < 1.29 is 34.7 Å². The number of hydrogen-bond donors (Lipinski definition) is 0. The molecule has 0 aliphatic carbocycles. The quantitative estimate of drug-likeness (QED) is 0.578. The van der Waals surface area contributed by atoms with E-state index in [0.717, 1.165) is 6.07 Å². The minimum absolute atomic E-state index is 0.0986. The zero-order valence-electron chi connectivity index (χ0n) is 16.5. The van der Waals surface area contributed by atoms with Crippen LogP contribution >= 0.6 is 0 Å². The van der Waals surface area contributed by atoms with Crippen molar-refractivity contribution in [2.75, 3.05) is 6.61 Å². The number of nitrogens with zero attached hydrogens (tertiary/aromatic N) is 1. The Hall–Kier alpha value is -1.78. The van der Waals surface area contributed by atoms with Crippen molar-refractivity contribution in [2.24, 2.45) is 0 Å². The van der Waals surface area contributed by atoms with Crippen molar-refractivity contribution >= 4 is 5.69 Å². The lowest BCUT2D eigenvalue weighted by Gasteiger charge is -2.29. The van der Waals surface area contributed by atoms with Crippen LogP contribution < -0.4 is 4.74 Å². The van der Waals surface area contributed by atoms with E-state index < -0.39 is 47.2 Å². The number of ether oxygens (including phenoxy) is 6. The number of non-ortho nitro benzene ring substituents is 1. The van der Waals surface area contributed by atoms with Crippen LogP contribution in [0.5, 0.6) is 5.75 Å². The fourth-order valence-electron chi connectivity index (χ4n) is 3.55. The van der Waals surface area contributed by atoms with E-state index in [-0.39, 0.29) is 17.5 Å². The molecule has 0 bridgehead atoms. The summed E-state index contributed by atoms with van der Waals surface area (Å²) in [6.45, 7) is 7.50. The average molecular weight is 382 g/mol. The highest BCUT2D eigenvalue weighted by Gasteiger charge is 2.59. The van der Waals surface area contributed by atoms with Gasteiger partial charge in [0.05, 0.1) is 12.9 Å². The lowest BCUT2D eigenvalue weighted by molar-refractivity contribution is -0.384. The summed E-state index contributed by atoms with van der Waals surface area (Å²) in [5.41, 5.74) is -0.176. The normalized spacial score (nSPS) is 37.0. The van der Waals surface area contributed by atoms with Gasteiger partial charge in [-0.2, -0.15) is 0 Å². The molecule has 9 nitrogen and oxygen atoms in total. The maximum absolute atomic E-state index is 10.9. The molecule has 0 radical (unpaired) electrons. The van der Waals surface area contributed by atoms with Gasteiger partial charge in [0, 0.05) is 12.1 Å². The number of nitro groups is 1. The van der Waals surface area contributed by atoms with E-state index in [1.807, 2.05) is 13.8 Å². The predicted octanol–water partition coefficient (Wildman–Crippen LogP) is 2.37. The van der Waals surface area contributed by atoms with Gasteiger partial charge in [-0.15, -0.1) is 0 Å². The smallest absolute Gasteiger partial charge is 0.269 e. The van der Waals surface area contributed by atoms with Crippen LogP contribution in [0.15, 0.2) is 24.2 Å². The number of benzene rings is 1. The summed E-state index contributed by atoms with van der Waals surface area (Å²) >= 11 is 0. The van der Waals surface area contributed by atoms with E-state index in [0.29, 0.717) is 6.61 Å². The Labute approximate surface area is 158 Å². The van der Waals surface area contributed by atoms with Crippen LogP contribution in [0.2, 0.25) is 0 Å². The summed E-state index contributed by atoms with van der Waals surface area (Å²) in [6.07, 6.45) is -2.79. The molecule has 0 saturated carbocycles. The van der Waals surface area contributed by atoms with Crippen molar-refractivity contribution in [3.63, 3.8) is 0 Å². The predicted molar refractivity (Wildman–Crippen MR) is 91.1 cm³/mol. The third-order valence-corrected chi connectivity index (χ3v) is 4.67. The molecule has 5 atom stereocenters. The molecule has 1 unspecified atom stereocenters. The van der Waals surface area contributed by atoms with E-state index in [1.54, 1.807) is 13.8 Å². The summed E-state index contributed by atoms with van der Waals surface area (Å²) in [5.74, 6) is -1.39. The molecule has 0 N–H and O–H groups in total. The molecular formula is C18H23NO8. The van der Waals surface area contributed by atoms with Gasteiger partial charge in [-0.05, 0) is 39.8 Å². The van der Waals surface area contributed by atoms with Crippen LogP contribution in [-0.2, 0) is 23.7 Å².